The summed E-state index contributed by atoms with van der Waals surface area (Å²) in [5.74, 6) is -0.964. The predicted octanol–water partition coefficient (Wildman–Crippen LogP) is 1.48. The van der Waals surface area contributed by atoms with Gasteiger partial charge in [0, 0.05) is 13.0 Å². The summed E-state index contributed by atoms with van der Waals surface area (Å²) < 4.78 is 25.9. The molecular formula is C11H15F2NO. The number of aliphatic hydroxyl groups excluding tert-OH is 1. The highest BCUT2D eigenvalue weighted by Crippen LogP contribution is 2.11. The third kappa shape index (κ3) is 3.93. The van der Waals surface area contributed by atoms with Gasteiger partial charge in [-0.2, -0.15) is 0 Å². The second kappa shape index (κ2) is 5.78. The molecule has 0 aromatic heterocycles. The molecule has 0 fully saturated rings. The average Bonchev–Trinajstić information content (AvgIpc) is 2.20. The van der Waals surface area contributed by atoms with Gasteiger partial charge in [0.15, 0.2) is 0 Å². The van der Waals surface area contributed by atoms with Crippen molar-refractivity contribution >= 4 is 0 Å². The fraction of sp³-hybridized carbons (Fsp3) is 0.455. The van der Waals surface area contributed by atoms with Crippen molar-refractivity contribution < 1.29 is 13.9 Å². The second-order valence-electron chi connectivity index (χ2n) is 3.40. The van der Waals surface area contributed by atoms with Gasteiger partial charge in [0.05, 0.1) is 6.10 Å². The fourth-order valence-electron chi connectivity index (χ4n) is 1.34. The van der Waals surface area contributed by atoms with Gasteiger partial charge in [0.25, 0.3) is 0 Å². The number of hydrogen-bond acceptors (Lipinski definition) is 2. The standard InChI is InChI=1S/C11H15F2NO/c1-2-14-7-10(15)6-8-5-9(12)3-4-11(8)13/h3-5,10,14-15H,2,6-7H2,1H3. The van der Waals surface area contributed by atoms with Gasteiger partial charge in [-0.05, 0) is 30.3 Å². The normalized spacial score (nSPS) is 12.8. The number of rotatable bonds is 5. The van der Waals surface area contributed by atoms with Crippen molar-refractivity contribution in [2.24, 2.45) is 0 Å². The molecule has 84 valence electrons. The molecule has 0 radical (unpaired) electrons. The van der Waals surface area contributed by atoms with E-state index in [1.54, 1.807) is 0 Å². The largest absolute Gasteiger partial charge is 0.391 e. The number of aliphatic hydroxyl groups is 1. The van der Waals surface area contributed by atoms with Crippen molar-refractivity contribution in [3.63, 3.8) is 0 Å². The highest BCUT2D eigenvalue weighted by atomic mass is 19.1. The first-order valence-corrected chi connectivity index (χ1v) is 4.96. The van der Waals surface area contributed by atoms with Crippen molar-refractivity contribution in [3.8, 4) is 0 Å². The smallest absolute Gasteiger partial charge is 0.126 e. The minimum Gasteiger partial charge on any atom is -0.391 e. The lowest BCUT2D eigenvalue weighted by Gasteiger charge is -2.11. The Morgan fingerprint density at radius 1 is 1.40 bits per heavy atom. The zero-order valence-corrected chi connectivity index (χ0v) is 8.63. The molecule has 1 unspecified atom stereocenters. The molecule has 0 aliphatic carbocycles. The van der Waals surface area contributed by atoms with Crippen LogP contribution in [0.3, 0.4) is 0 Å². The summed E-state index contributed by atoms with van der Waals surface area (Å²) in [4.78, 5) is 0. The van der Waals surface area contributed by atoms with Crippen LogP contribution >= 0.6 is 0 Å². The zero-order chi connectivity index (χ0) is 11.3. The van der Waals surface area contributed by atoms with Crippen molar-refractivity contribution in [3.05, 3.63) is 35.4 Å². The number of likely N-dealkylation sites (N-methyl/N-ethyl adjacent to an activating group) is 1. The highest BCUT2D eigenvalue weighted by Gasteiger charge is 2.09. The van der Waals surface area contributed by atoms with Crippen LogP contribution in [0.1, 0.15) is 12.5 Å². The lowest BCUT2D eigenvalue weighted by Crippen LogP contribution is -2.28. The van der Waals surface area contributed by atoms with Crippen molar-refractivity contribution in [1.29, 1.82) is 0 Å². The van der Waals surface area contributed by atoms with E-state index in [-0.39, 0.29) is 12.0 Å². The summed E-state index contributed by atoms with van der Waals surface area (Å²) in [6.07, 6.45) is -0.572. The molecule has 0 saturated carbocycles. The van der Waals surface area contributed by atoms with Gasteiger partial charge in [-0.3, -0.25) is 0 Å². The Bertz CT molecular complexity index is 317. The molecule has 1 atom stereocenters. The van der Waals surface area contributed by atoms with Crippen LogP contribution in [0.15, 0.2) is 18.2 Å². The number of nitrogens with one attached hydrogen (secondary N) is 1. The Kier molecular flexibility index (Phi) is 4.65. The van der Waals surface area contributed by atoms with E-state index in [0.29, 0.717) is 6.54 Å². The number of halogens is 2. The van der Waals surface area contributed by atoms with Crippen LogP contribution in [0.4, 0.5) is 8.78 Å². The first-order valence-electron chi connectivity index (χ1n) is 4.96. The van der Waals surface area contributed by atoms with Gasteiger partial charge in [0.1, 0.15) is 11.6 Å². The first-order chi connectivity index (χ1) is 7.13. The van der Waals surface area contributed by atoms with Gasteiger partial charge in [0.2, 0.25) is 0 Å². The molecule has 1 aromatic rings. The van der Waals surface area contributed by atoms with E-state index in [1.807, 2.05) is 6.92 Å². The van der Waals surface area contributed by atoms with Crippen molar-refractivity contribution in [2.45, 2.75) is 19.4 Å². The van der Waals surface area contributed by atoms with Crippen molar-refractivity contribution in [2.75, 3.05) is 13.1 Å². The maximum absolute atomic E-state index is 13.2. The fourth-order valence-corrected chi connectivity index (χ4v) is 1.34. The van der Waals surface area contributed by atoms with E-state index in [9.17, 15) is 13.9 Å². The van der Waals surface area contributed by atoms with E-state index in [1.165, 1.54) is 0 Å². The van der Waals surface area contributed by atoms with Crippen LogP contribution in [-0.4, -0.2) is 24.3 Å². The molecule has 0 aliphatic rings. The molecule has 15 heavy (non-hydrogen) atoms. The summed E-state index contributed by atoms with van der Waals surface area (Å²) >= 11 is 0. The molecule has 4 heteroatoms. The van der Waals surface area contributed by atoms with Gasteiger partial charge in [-0.15, -0.1) is 0 Å². The predicted molar refractivity (Wildman–Crippen MR) is 54.6 cm³/mol. The third-order valence-corrected chi connectivity index (χ3v) is 2.09. The third-order valence-electron chi connectivity index (χ3n) is 2.09. The molecule has 1 aromatic carbocycles. The van der Waals surface area contributed by atoms with Crippen LogP contribution in [0.2, 0.25) is 0 Å². The van der Waals surface area contributed by atoms with Gasteiger partial charge < -0.3 is 10.4 Å². The Hall–Kier alpha value is -1.00. The molecule has 0 spiro atoms. The van der Waals surface area contributed by atoms with Crippen LogP contribution in [0.5, 0.6) is 0 Å². The van der Waals surface area contributed by atoms with E-state index in [4.69, 9.17) is 0 Å². The molecule has 0 saturated heterocycles. The number of benzene rings is 1. The van der Waals surface area contributed by atoms with Crippen LogP contribution < -0.4 is 5.32 Å². The maximum atomic E-state index is 13.2. The Morgan fingerprint density at radius 3 is 2.80 bits per heavy atom. The van der Waals surface area contributed by atoms with E-state index in [2.05, 4.69) is 5.32 Å². The quantitative estimate of drug-likeness (QED) is 0.779. The molecule has 0 bridgehead atoms. The van der Waals surface area contributed by atoms with Gasteiger partial charge in [-0.1, -0.05) is 6.92 Å². The second-order valence-corrected chi connectivity index (χ2v) is 3.40. The lowest BCUT2D eigenvalue weighted by atomic mass is 10.1. The monoisotopic (exact) mass is 215 g/mol. The minimum absolute atomic E-state index is 0.122. The molecule has 0 heterocycles. The van der Waals surface area contributed by atoms with Gasteiger partial charge in [-0.25, -0.2) is 8.78 Å². The molecular weight excluding hydrogens is 200 g/mol. The Balaban J connectivity index is 2.59. The molecule has 1 rings (SSSR count). The summed E-state index contributed by atoms with van der Waals surface area (Å²) in [6, 6.07) is 3.25. The number of hydrogen-bond donors (Lipinski definition) is 2. The van der Waals surface area contributed by atoms with E-state index < -0.39 is 17.7 Å². The molecule has 0 aliphatic heterocycles. The minimum atomic E-state index is -0.693. The summed E-state index contributed by atoms with van der Waals surface area (Å²) in [5, 5.41) is 12.4. The molecule has 2 N–H and O–H groups in total. The van der Waals surface area contributed by atoms with Crippen LogP contribution in [-0.2, 0) is 6.42 Å². The van der Waals surface area contributed by atoms with Gasteiger partial charge >= 0.3 is 0 Å². The topological polar surface area (TPSA) is 32.3 Å². The average molecular weight is 215 g/mol. The van der Waals surface area contributed by atoms with Crippen molar-refractivity contribution in [1.82, 2.24) is 5.32 Å². The Labute approximate surface area is 87.9 Å². The van der Waals surface area contributed by atoms with Crippen LogP contribution in [0.25, 0.3) is 0 Å². The lowest BCUT2D eigenvalue weighted by molar-refractivity contribution is 0.171. The Morgan fingerprint density at radius 2 is 2.13 bits per heavy atom. The zero-order valence-electron chi connectivity index (χ0n) is 8.63. The SMILES string of the molecule is CCNCC(O)Cc1cc(F)ccc1F. The first kappa shape index (κ1) is 12.1. The van der Waals surface area contributed by atoms with E-state index in [0.717, 1.165) is 24.7 Å². The van der Waals surface area contributed by atoms with E-state index >= 15 is 0 Å². The highest BCUT2D eigenvalue weighted by molar-refractivity contribution is 5.19. The molecule has 2 nitrogen and oxygen atoms in total. The van der Waals surface area contributed by atoms with Crippen LogP contribution in [0, 0.1) is 11.6 Å². The molecule has 0 amide bonds. The maximum Gasteiger partial charge on any atom is 0.126 e. The summed E-state index contributed by atoms with van der Waals surface area (Å²) in [7, 11) is 0. The summed E-state index contributed by atoms with van der Waals surface area (Å²) in [6.45, 7) is 3.03. The summed E-state index contributed by atoms with van der Waals surface area (Å²) in [5.41, 5.74) is 0.209.